The summed E-state index contributed by atoms with van der Waals surface area (Å²) in [5, 5.41) is 0. The number of thiazole rings is 1. The lowest BCUT2D eigenvalue weighted by molar-refractivity contribution is 0.585. The standard InChI is InChI=1S/C27H18BrFN2OS/c28-19-10-7-18(8-11-19)25-22-14-9-17-3-1-2-4-21(17)24(22)30-27-31(25)26(32)23(33-27)15-16-5-12-20(29)13-6-16/h1-8,10-13,15,25H,9,14H2/b23-15-/t25-/m1/s1. The van der Waals surface area contributed by atoms with Crippen molar-refractivity contribution in [1.29, 1.82) is 0 Å². The van der Waals surface area contributed by atoms with Crippen LogP contribution < -0.4 is 14.9 Å². The van der Waals surface area contributed by atoms with Gasteiger partial charge < -0.3 is 0 Å². The molecule has 0 saturated carbocycles. The van der Waals surface area contributed by atoms with E-state index in [1.165, 1.54) is 34.6 Å². The average Bonchev–Trinajstić information content (AvgIpc) is 3.14. The number of rotatable bonds is 2. The third-order valence-corrected chi connectivity index (χ3v) is 7.74. The van der Waals surface area contributed by atoms with Crippen molar-refractivity contribution in [2.45, 2.75) is 18.9 Å². The van der Waals surface area contributed by atoms with Crippen molar-refractivity contribution in [2.75, 3.05) is 0 Å². The Balaban J connectivity index is 1.62. The van der Waals surface area contributed by atoms with Crippen molar-refractivity contribution in [1.82, 2.24) is 4.57 Å². The number of benzene rings is 3. The molecule has 3 aromatic carbocycles. The SMILES string of the molecule is O=c1/c(=C/c2ccc(F)cc2)sc2n1[C@H](c1ccc(Br)cc1)C1=C(N=2)c2ccccc2CC1. The first-order valence-corrected chi connectivity index (χ1v) is 12.3. The van der Waals surface area contributed by atoms with Gasteiger partial charge in [-0.1, -0.05) is 75.8 Å². The van der Waals surface area contributed by atoms with Gasteiger partial charge in [0, 0.05) is 10.0 Å². The van der Waals surface area contributed by atoms with Crippen LogP contribution in [0.3, 0.4) is 0 Å². The van der Waals surface area contributed by atoms with Gasteiger partial charge in [0.25, 0.3) is 5.56 Å². The zero-order chi connectivity index (χ0) is 22.5. The fourth-order valence-electron chi connectivity index (χ4n) is 4.68. The van der Waals surface area contributed by atoms with Crippen molar-refractivity contribution < 1.29 is 4.39 Å². The second-order valence-corrected chi connectivity index (χ2v) is 10.1. The van der Waals surface area contributed by atoms with Gasteiger partial charge in [0.05, 0.1) is 16.3 Å². The van der Waals surface area contributed by atoms with Crippen LogP contribution in [0.4, 0.5) is 4.39 Å². The van der Waals surface area contributed by atoms with Crippen LogP contribution in [0.2, 0.25) is 0 Å². The first-order chi connectivity index (χ1) is 16.1. The molecule has 2 heterocycles. The smallest absolute Gasteiger partial charge is 0.271 e. The number of nitrogens with zero attached hydrogens (tertiary/aromatic N) is 2. The Morgan fingerprint density at radius 3 is 2.55 bits per heavy atom. The normalized spacial score (nSPS) is 17.3. The minimum Gasteiger partial charge on any atom is -0.272 e. The number of hydrogen-bond acceptors (Lipinski definition) is 3. The fourth-order valence-corrected chi connectivity index (χ4v) is 5.94. The number of allylic oxidation sites excluding steroid dienone is 1. The van der Waals surface area contributed by atoms with E-state index < -0.39 is 0 Å². The summed E-state index contributed by atoms with van der Waals surface area (Å²) in [6, 6.07) is 22.5. The van der Waals surface area contributed by atoms with E-state index in [1.54, 1.807) is 12.1 Å². The van der Waals surface area contributed by atoms with E-state index >= 15 is 0 Å². The summed E-state index contributed by atoms with van der Waals surface area (Å²) in [6.45, 7) is 0. The van der Waals surface area contributed by atoms with Gasteiger partial charge in [-0.15, -0.1) is 0 Å². The van der Waals surface area contributed by atoms with E-state index in [0.717, 1.165) is 39.7 Å². The highest BCUT2D eigenvalue weighted by molar-refractivity contribution is 9.10. The number of aromatic nitrogens is 1. The number of aryl methyl sites for hydroxylation is 1. The molecule has 1 atom stereocenters. The van der Waals surface area contributed by atoms with E-state index in [-0.39, 0.29) is 17.4 Å². The van der Waals surface area contributed by atoms with E-state index in [9.17, 15) is 9.18 Å². The minimum absolute atomic E-state index is 0.0681. The highest BCUT2D eigenvalue weighted by Crippen LogP contribution is 2.41. The van der Waals surface area contributed by atoms with Gasteiger partial charge in [0.1, 0.15) is 5.82 Å². The predicted molar refractivity (Wildman–Crippen MR) is 133 cm³/mol. The summed E-state index contributed by atoms with van der Waals surface area (Å²) < 4.78 is 16.8. The molecule has 0 bridgehead atoms. The molecule has 0 saturated heterocycles. The Hall–Kier alpha value is -3.09. The van der Waals surface area contributed by atoms with Crippen LogP contribution in [-0.4, -0.2) is 4.57 Å². The van der Waals surface area contributed by atoms with Gasteiger partial charge in [-0.25, -0.2) is 9.38 Å². The molecule has 3 nitrogen and oxygen atoms in total. The molecular formula is C27H18BrFN2OS. The molecule has 0 radical (unpaired) electrons. The molecule has 1 aliphatic carbocycles. The van der Waals surface area contributed by atoms with Gasteiger partial charge in [-0.2, -0.15) is 0 Å². The molecule has 0 fully saturated rings. The molecule has 162 valence electrons. The Morgan fingerprint density at radius 1 is 1.00 bits per heavy atom. The first-order valence-electron chi connectivity index (χ1n) is 10.7. The van der Waals surface area contributed by atoms with Crippen LogP contribution in [0, 0.1) is 5.82 Å². The van der Waals surface area contributed by atoms with Crippen LogP contribution in [0.15, 0.2) is 92.6 Å². The molecule has 6 heteroatoms. The molecule has 33 heavy (non-hydrogen) atoms. The van der Waals surface area contributed by atoms with Crippen LogP contribution in [-0.2, 0) is 6.42 Å². The number of hydrogen-bond donors (Lipinski definition) is 0. The monoisotopic (exact) mass is 516 g/mol. The topological polar surface area (TPSA) is 34.4 Å². The summed E-state index contributed by atoms with van der Waals surface area (Å²) in [4.78, 5) is 19.3. The first kappa shape index (κ1) is 20.5. The molecule has 0 amide bonds. The minimum atomic E-state index is -0.296. The molecule has 2 aliphatic rings. The summed E-state index contributed by atoms with van der Waals surface area (Å²) in [6.07, 6.45) is 3.61. The van der Waals surface area contributed by atoms with Crippen LogP contribution in [0.25, 0.3) is 11.8 Å². The Morgan fingerprint density at radius 2 is 1.76 bits per heavy atom. The van der Waals surface area contributed by atoms with Crippen molar-refractivity contribution in [3.05, 3.63) is 131 Å². The molecule has 0 N–H and O–H groups in total. The van der Waals surface area contributed by atoms with Crippen molar-refractivity contribution in [2.24, 2.45) is 4.99 Å². The summed E-state index contributed by atoms with van der Waals surface area (Å²) in [5.74, 6) is -0.296. The van der Waals surface area contributed by atoms with Gasteiger partial charge in [0.2, 0.25) is 0 Å². The highest BCUT2D eigenvalue weighted by atomic mass is 79.9. The van der Waals surface area contributed by atoms with Crippen LogP contribution >= 0.6 is 27.3 Å². The van der Waals surface area contributed by atoms with Crippen LogP contribution in [0.5, 0.6) is 0 Å². The fraction of sp³-hybridized carbons (Fsp3) is 0.111. The lowest BCUT2D eigenvalue weighted by Crippen LogP contribution is -2.38. The zero-order valence-corrected chi connectivity index (χ0v) is 19.9. The Bertz CT molecular complexity index is 1600. The highest BCUT2D eigenvalue weighted by Gasteiger charge is 2.32. The van der Waals surface area contributed by atoms with E-state index in [4.69, 9.17) is 4.99 Å². The largest absolute Gasteiger partial charge is 0.272 e. The second-order valence-electron chi connectivity index (χ2n) is 8.22. The maximum Gasteiger partial charge on any atom is 0.271 e. The lowest BCUT2D eigenvalue weighted by atomic mass is 9.83. The van der Waals surface area contributed by atoms with Crippen LogP contribution in [0.1, 0.15) is 34.7 Å². The van der Waals surface area contributed by atoms with Gasteiger partial charge in [-0.3, -0.25) is 9.36 Å². The maximum absolute atomic E-state index is 13.6. The summed E-state index contributed by atoms with van der Waals surface area (Å²) >= 11 is 4.91. The van der Waals surface area contributed by atoms with Crippen molar-refractivity contribution in [3.63, 3.8) is 0 Å². The molecule has 1 aliphatic heterocycles. The number of fused-ring (bicyclic) bond motifs is 3. The van der Waals surface area contributed by atoms with E-state index in [2.05, 4.69) is 46.3 Å². The van der Waals surface area contributed by atoms with Gasteiger partial charge in [-0.05, 0) is 65.4 Å². The third-order valence-electron chi connectivity index (χ3n) is 6.23. The molecule has 0 spiro atoms. The number of halogens is 2. The summed E-state index contributed by atoms with van der Waals surface area (Å²) in [7, 11) is 0. The van der Waals surface area contributed by atoms with Crippen molar-refractivity contribution >= 4 is 39.0 Å². The molecule has 6 rings (SSSR count). The molecule has 1 aromatic heterocycles. The van der Waals surface area contributed by atoms with Gasteiger partial charge in [0.15, 0.2) is 4.80 Å². The molecule has 0 unspecified atom stereocenters. The third kappa shape index (κ3) is 3.54. The van der Waals surface area contributed by atoms with Gasteiger partial charge >= 0.3 is 0 Å². The predicted octanol–water partition coefficient (Wildman–Crippen LogP) is 5.22. The Labute approximate surface area is 202 Å². The molecular weight excluding hydrogens is 499 g/mol. The molecule has 4 aromatic rings. The maximum atomic E-state index is 13.6. The van der Waals surface area contributed by atoms with E-state index in [0.29, 0.717) is 9.33 Å². The second kappa shape index (κ2) is 8.04. The quantitative estimate of drug-likeness (QED) is 0.359. The summed E-state index contributed by atoms with van der Waals surface area (Å²) in [5.41, 5.74) is 6.39. The zero-order valence-electron chi connectivity index (χ0n) is 17.5. The van der Waals surface area contributed by atoms with Crippen molar-refractivity contribution in [3.8, 4) is 0 Å². The average molecular weight is 517 g/mol. The lowest BCUT2D eigenvalue weighted by Gasteiger charge is -2.30. The Kier molecular flexibility index (Phi) is 5.00. The van der Waals surface area contributed by atoms with E-state index in [1.807, 2.05) is 28.8 Å².